The van der Waals surface area contributed by atoms with Crippen LogP contribution >= 0.6 is 27.3 Å². The molecule has 80 valence electrons. The summed E-state index contributed by atoms with van der Waals surface area (Å²) in [4.78, 5) is 0. The number of aromatic nitrogens is 3. The van der Waals surface area contributed by atoms with Gasteiger partial charge in [-0.15, -0.1) is 21.5 Å². The Balaban J connectivity index is 2.27. The van der Waals surface area contributed by atoms with E-state index in [9.17, 15) is 0 Å². The summed E-state index contributed by atoms with van der Waals surface area (Å²) >= 11 is 5.05. The van der Waals surface area contributed by atoms with Crippen molar-refractivity contribution >= 4 is 38.6 Å². The number of rotatable bonds is 1. The number of anilines is 1. The van der Waals surface area contributed by atoms with E-state index in [1.54, 1.807) is 11.3 Å². The minimum atomic E-state index is 0.697. The molecule has 4 nitrogen and oxygen atoms in total. The SMILES string of the molecule is Nc1ccc2nnc(-c3csc(Br)c3)n2c1. The average Bonchev–Trinajstić information content (AvgIpc) is 2.83. The highest BCUT2D eigenvalue weighted by Gasteiger charge is 2.09. The van der Waals surface area contributed by atoms with Gasteiger partial charge in [0.15, 0.2) is 11.5 Å². The van der Waals surface area contributed by atoms with Crippen molar-refractivity contribution in [2.45, 2.75) is 0 Å². The highest BCUT2D eigenvalue weighted by molar-refractivity contribution is 9.11. The van der Waals surface area contributed by atoms with Gasteiger partial charge in [-0.1, -0.05) is 0 Å². The number of nitrogens with zero attached hydrogens (tertiary/aromatic N) is 3. The third-order valence-corrected chi connectivity index (χ3v) is 3.76. The van der Waals surface area contributed by atoms with Crippen molar-refractivity contribution in [3.05, 3.63) is 33.6 Å². The lowest BCUT2D eigenvalue weighted by molar-refractivity contribution is 1.11. The van der Waals surface area contributed by atoms with Gasteiger partial charge >= 0.3 is 0 Å². The average molecular weight is 295 g/mol. The Labute approximate surface area is 104 Å². The number of pyridine rings is 1. The van der Waals surface area contributed by atoms with E-state index < -0.39 is 0 Å². The van der Waals surface area contributed by atoms with E-state index >= 15 is 0 Å². The molecule has 3 rings (SSSR count). The molecule has 3 aromatic rings. The number of hydrogen-bond acceptors (Lipinski definition) is 4. The smallest absolute Gasteiger partial charge is 0.169 e. The van der Waals surface area contributed by atoms with Crippen molar-refractivity contribution in [3.63, 3.8) is 0 Å². The van der Waals surface area contributed by atoms with Gasteiger partial charge in [0.2, 0.25) is 0 Å². The molecule has 0 bridgehead atoms. The summed E-state index contributed by atoms with van der Waals surface area (Å²) in [6, 6.07) is 5.69. The largest absolute Gasteiger partial charge is 0.398 e. The molecule has 0 fully saturated rings. The molecule has 0 aromatic carbocycles. The lowest BCUT2D eigenvalue weighted by atomic mass is 10.3. The van der Waals surface area contributed by atoms with Crippen LogP contribution in [-0.4, -0.2) is 14.6 Å². The number of nitrogen functional groups attached to an aromatic ring is 1. The van der Waals surface area contributed by atoms with E-state index in [4.69, 9.17) is 5.73 Å². The van der Waals surface area contributed by atoms with Gasteiger partial charge in [0.05, 0.1) is 3.79 Å². The zero-order valence-electron chi connectivity index (χ0n) is 8.09. The molecule has 0 aliphatic carbocycles. The summed E-state index contributed by atoms with van der Waals surface area (Å²) in [5, 5.41) is 10.3. The van der Waals surface area contributed by atoms with Gasteiger partial charge < -0.3 is 5.73 Å². The first kappa shape index (κ1) is 9.80. The fraction of sp³-hybridized carbons (Fsp3) is 0. The van der Waals surface area contributed by atoms with Gasteiger partial charge in [-0.05, 0) is 34.1 Å². The maximum absolute atomic E-state index is 5.75. The lowest BCUT2D eigenvalue weighted by Gasteiger charge is -1.98. The Morgan fingerprint density at radius 2 is 2.19 bits per heavy atom. The number of thiophene rings is 1. The van der Waals surface area contributed by atoms with Gasteiger partial charge in [-0.25, -0.2) is 0 Å². The molecular weight excluding hydrogens is 288 g/mol. The summed E-state index contributed by atoms with van der Waals surface area (Å²) in [5.74, 6) is 0.809. The summed E-state index contributed by atoms with van der Waals surface area (Å²) in [7, 11) is 0. The standard InChI is InChI=1S/C10H7BrN4S/c11-8-3-6(5-16-8)10-14-13-9-2-1-7(12)4-15(9)10/h1-5H,12H2. The Morgan fingerprint density at radius 3 is 2.94 bits per heavy atom. The van der Waals surface area contributed by atoms with E-state index in [1.807, 2.05) is 34.2 Å². The molecule has 2 N–H and O–H groups in total. The Bertz CT molecular complexity index is 658. The van der Waals surface area contributed by atoms with Crippen LogP contribution in [0.2, 0.25) is 0 Å². The summed E-state index contributed by atoms with van der Waals surface area (Å²) in [6.07, 6.45) is 1.83. The lowest BCUT2D eigenvalue weighted by Crippen LogP contribution is -1.92. The maximum Gasteiger partial charge on any atom is 0.169 e. The molecule has 0 aliphatic rings. The number of fused-ring (bicyclic) bond motifs is 1. The third-order valence-electron chi connectivity index (χ3n) is 2.25. The predicted octanol–water partition coefficient (Wildman–Crippen LogP) is 2.80. The van der Waals surface area contributed by atoms with Crippen molar-refractivity contribution in [3.8, 4) is 11.4 Å². The molecule has 16 heavy (non-hydrogen) atoms. The van der Waals surface area contributed by atoms with Gasteiger partial charge in [-0.2, -0.15) is 0 Å². The van der Waals surface area contributed by atoms with Crippen LogP contribution in [0.15, 0.2) is 33.6 Å². The first-order valence-corrected chi connectivity index (χ1v) is 6.26. The van der Waals surface area contributed by atoms with E-state index in [0.29, 0.717) is 5.69 Å². The molecule has 0 saturated carbocycles. The van der Waals surface area contributed by atoms with Crippen LogP contribution in [0.3, 0.4) is 0 Å². The second-order valence-corrected chi connectivity index (χ2v) is 5.64. The van der Waals surface area contributed by atoms with Crippen molar-refractivity contribution in [2.75, 3.05) is 5.73 Å². The van der Waals surface area contributed by atoms with Crippen molar-refractivity contribution in [2.24, 2.45) is 0 Å². The predicted molar refractivity (Wildman–Crippen MR) is 68.4 cm³/mol. The molecule has 0 amide bonds. The summed E-state index contributed by atoms with van der Waals surface area (Å²) in [5.41, 5.74) is 8.28. The molecule has 0 radical (unpaired) electrons. The maximum atomic E-state index is 5.75. The molecule has 6 heteroatoms. The first-order valence-electron chi connectivity index (χ1n) is 4.59. The molecule has 0 saturated heterocycles. The zero-order chi connectivity index (χ0) is 11.1. The molecule has 0 aliphatic heterocycles. The fourth-order valence-electron chi connectivity index (χ4n) is 1.53. The molecular formula is C10H7BrN4S. The third kappa shape index (κ3) is 1.50. The van der Waals surface area contributed by atoms with Crippen LogP contribution < -0.4 is 5.73 Å². The van der Waals surface area contributed by atoms with Crippen LogP contribution in [0.25, 0.3) is 17.0 Å². The van der Waals surface area contributed by atoms with E-state index in [0.717, 1.165) is 20.8 Å². The van der Waals surface area contributed by atoms with Crippen molar-refractivity contribution < 1.29 is 0 Å². The van der Waals surface area contributed by atoms with E-state index in [2.05, 4.69) is 26.1 Å². The normalized spacial score (nSPS) is 11.1. The highest BCUT2D eigenvalue weighted by atomic mass is 79.9. The Hall–Kier alpha value is -1.40. The number of halogens is 1. The topological polar surface area (TPSA) is 56.2 Å². The minimum absolute atomic E-state index is 0.697. The first-order chi connectivity index (χ1) is 7.74. The van der Waals surface area contributed by atoms with E-state index in [1.165, 1.54) is 0 Å². The fourth-order valence-corrected chi connectivity index (χ4v) is 2.67. The van der Waals surface area contributed by atoms with Crippen molar-refractivity contribution in [1.29, 1.82) is 0 Å². The van der Waals surface area contributed by atoms with Crippen molar-refractivity contribution in [1.82, 2.24) is 14.6 Å². The van der Waals surface area contributed by atoms with Crippen LogP contribution in [0.1, 0.15) is 0 Å². The van der Waals surface area contributed by atoms with Crippen LogP contribution in [-0.2, 0) is 0 Å². The quantitative estimate of drug-likeness (QED) is 0.751. The molecule has 3 aromatic heterocycles. The molecule has 0 spiro atoms. The molecule has 0 unspecified atom stereocenters. The van der Waals surface area contributed by atoms with Crippen LogP contribution in [0, 0.1) is 0 Å². The van der Waals surface area contributed by atoms with E-state index in [-0.39, 0.29) is 0 Å². The highest BCUT2D eigenvalue weighted by Crippen LogP contribution is 2.28. The molecule has 0 atom stereocenters. The van der Waals surface area contributed by atoms with Gasteiger partial charge in [0.1, 0.15) is 0 Å². The van der Waals surface area contributed by atoms with Gasteiger partial charge in [-0.3, -0.25) is 4.40 Å². The second-order valence-electron chi connectivity index (χ2n) is 3.35. The van der Waals surface area contributed by atoms with Crippen LogP contribution in [0.5, 0.6) is 0 Å². The molecule has 3 heterocycles. The number of hydrogen-bond donors (Lipinski definition) is 1. The number of nitrogens with two attached hydrogens (primary N) is 1. The minimum Gasteiger partial charge on any atom is -0.398 e. The zero-order valence-corrected chi connectivity index (χ0v) is 10.5. The summed E-state index contributed by atoms with van der Waals surface area (Å²) in [6.45, 7) is 0. The monoisotopic (exact) mass is 294 g/mol. The van der Waals surface area contributed by atoms with Gasteiger partial charge in [0, 0.05) is 22.8 Å². The summed E-state index contributed by atoms with van der Waals surface area (Å²) < 4.78 is 2.97. The Kier molecular flexibility index (Phi) is 2.19. The van der Waals surface area contributed by atoms with Crippen LogP contribution in [0.4, 0.5) is 5.69 Å². The Morgan fingerprint density at radius 1 is 1.31 bits per heavy atom. The second kappa shape index (κ2) is 3.57. The van der Waals surface area contributed by atoms with Gasteiger partial charge in [0.25, 0.3) is 0 Å².